The monoisotopic (exact) mass is 221 g/mol. The van der Waals surface area contributed by atoms with E-state index in [1.807, 2.05) is 17.7 Å². The number of hydrogen-bond donors (Lipinski definition) is 1. The predicted octanol–water partition coefficient (Wildman–Crippen LogP) is 2.80. The van der Waals surface area contributed by atoms with Crippen molar-refractivity contribution in [2.45, 2.75) is 6.92 Å². The first-order valence-electron chi connectivity index (χ1n) is 4.15. The first-order valence-corrected chi connectivity index (χ1v) is 5.82. The Morgan fingerprint density at radius 3 is 2.50 bits per heavy atom. The van der Waals surface area contributed by atoms with Crippen LogP contribution in [0.1, 0.15) is 5.56 Å². The van der Waals surface area contributed by atoms with E-state index in [-0.39, 0.29) is 0 Å². The van der Waals surface area contributed by atoms with Gasteiger partial charge in [-0.05, 0) is 30.0 Å². The molecule has 0 aliphatic rings. The summed E-state index contributed by atoms with van der Waals surface area (Å²) < 4.78 is 8.68. The molecule has 0 atom stereocenters. The van der Waals surface area contributed by atoms with Crippen LogP contribution < -0.4 is 5.73 Å². The van der Waals surface area contributed by atoms with Gasteiger partial charge in [-0.25, -0.2) is 0 Å². The molecule has 5 heteroatoms. The van der Waals surface area contributed by atoms with Crippen LogP contribution in [0, 0.1) is 6.92 Å². The molecule has 0 spiro atoms. The van der Waals surface area contributed by atoms with Gasteiger partial charge in [0.2, 0.25) is 0 Å². The lowest BCUT2D eigenvalue weighted by Crippen LogP contribution is -1.91. The van der Waals surface area contributed by atoms with Gasteiger partial charge in [-0.15, -0.1) is 0 Å². The number of nitrogens with zero attached hydrogens (tertiary/aromatic N) is 2. The van der Waals surface area contributed by atoms with E-state index >= 15 is 0 Å². The molecule has 0 bridgehead atoms. The Balaban J connectivity index is 2.73. The Morgan fingerprint density at radius 1 is 1.07 bits per heavy atom. The second-order valence-electron chi connectivity index (χ2n) is 3.19. The van der Waals surface area contributed by atoms with Gasteiger partial charge >= 0.3 is 0 Å². The maximum Gasteiger partial charge on any atom is 0.0964 e. The molecule has 0 saturated heterocycles. The maximum atomic E-state index is 6.02. The standard InChI is InChI=1S/C9H7N3S2/c1-4-7(10)5-2-13-12-9(5)6-3-14-11-8(4)6/h2-3H,10H2,1H3. The second kappa shape index (κ2) is 2.65. The molecule has 2 heterocycles. The summed E-state index contributed by atoms with van der Waals surface area (Å²) in [5.41, 5.74) is 9.87. The fourth-order valence-corrected chi connectivity index (χ4v) is 3.05. The van der Waals surface area contributed by atoms with Crippen LogP contribution in [0.4, 0.5) is 5.69 Å². The highest BCUT2D eigenvalue weighted by molar-refractivity contribution is 7.06. The summed E-state index contributed by atoms with van der Waals surface area (Å²) in [5.74, 6) is 0. The summed E-state index contributed by atoms with van der Waals surface area (Å²) in [7, 11) is 0. The zero-order valence-electron chi connectivity index (χ0n) is 7.44. The maximum absolute atomic E-state index is 6.02. The lowest BCUT2D eigenvalue weighted by Gasteiger charge is -2.01. The van der Waals surface area contributed by atoms with Crippen molar-refractivity contribution in [3.8, 4) is 0 Å². The molecule has 1 aromatic carbocycles. The van der Waals surface area contributed by atoms with Crippen molar-refractivity contribution in [2.75, 3.05) is 5.73 Å². The van der Waals surface area contributed by atoms with Crippen molar-refractivity contribution in [2.24, 2.45) is 0 Å². The molecule has 3 rings (SSSR count). The molecule has 2 aromatic heterocycles. The van der Waals surface area contributed by atoms with E-state index in [0.717, 1.165) is 33.1 Å². The van der Waals surface area contributed by atoms with Crippen LogP contribution in [0.5, 0.6) is 0 Å². The normalized spacial score (nSPS) is 11.5. The van der Waals surface area contributed by atoms with Crippen molar-refractivity contribution >= 4 is 50.6 Å². The third kappa shape index (κ3) is 0.856. The summed E-state index contributed by atoms with van der Waals surface area (Å²) in [5, 5.41) is 6.21. The van der Waals surface area contributed by atoms with Gasteiger partial charge in [0, 0.05) is 32.8 Å². The minimum absolute atomic E-state index is 0.812. The molecule has 14 heavy (non-hydrogen) atoms. The quantitative estimate of drug-likeness (QED) is 0.594. The van der Waals surface area contributed by atoms with Crippen LogP contribution in [-0.2, 0) is 0 Å². The Bertz CT molecular complexity index is 568. The summed E-state index contributed by atoms with van der Waals surface area (Å²) in [6, 6.07) is 0. The number of anilines is 1. The van der Waals surface area contributed by atoms with E-state index in [4.69, 9.17) is 5.73 Å². The van der Waals surface area contributed by atoms with Gasteiger partial charge in [0.25, 0.3) is 0 Å². The summed E-state index contributed by atoms with van der Waals surface area (Å²) >= 11 is 2.89. The largest absolute Gasteiger partial charge is 0.398 e. The minimum atomic E-state index is 0.812. The van der Waals surface area contributed by atoms with Crippen molar-refractivity contribution in [1.82, 2.24) is 8.75 Å². The number of fused-ring (bicyclic) bond motifs is 3. The molecular formula is C9H7N3S2. The highest BCUT2D eigenvalue weighted by Gasteiger charge is 2.12. The van der Waals surface area contributed by atoms with Crippen LogP contribution in [-0.4, -0.2) is 8.75 Å². The van der Waals surface area contributed by atoms with Gasteiger partial charge in [0.15, 0.2) is 0 Å². The lowest BCUT2D eigenvalue weighted by atomic mass is 10.1. The molecule has 0 amide bonds. The van der Waals surface area contributed by atoms with Crippen LogP contribution in [0.15, 0.2) is 10.8 Å². The molecular weight excluding hydrogens is 214 g/mol. The first-order chi connectivity index (χ1) is 6.79. The Labute approximate surface area is 88.5 Å². The highest BCUT2D eigenvalue weighted by Crippen LogP contribution is 2.34. The molecule has 70 valence electrons. The summed E-state index contributed by atoms with van der Waals surface area (Å²) in [6.07, 6.45) is 0. The molecule has 0 aliphatic carbocycles. The molecule has 0 radical (unpaired) electrons. The van der Waals surface area contributed by atoms with E-state index in [1.165, 1.54) is 23.1 Å². The van der Waals surface area contributed by atoms with Gasteiger partial charge in [-0.2, -0.15) is 8.75 Å². The first kappa shape index (κ1) is 8.14. The number of benzene rings is 1. The van der Waals surface area contributed by atoms with E-state index in [0.29, 0.717) is 0 Å². The third-order valence-corrected chi connectivity index (χ3v) is 3.70. The van der Waals surface area contributed by atoms with Gasteiger partial charge in [0.1, 0.15) is 0 Å². The lowest BCUT2D eigenvalue weighted by molar-refractivity contribution is 1.50. The Hall–Kier alpha value is -1.20. The van der Waals surface area contributed by atoms with E-state index in [9.17, 15) is 0 Å². The van der Waals surface area contributed by atoms with Crippen molar-refractivity contribution < 1.29 is 0 Å². The minimum Gasteiger partial charge on any atom is -0.398 e. The molecule has 0 fully saturated rings. The molecule has 3 aromatic rings. The molecule has 0 aliphatic heterocycles. The average Bonchev–Trinajstić information content (AvgIpc) is 2.80. The van der Waals surface area contributed by atoms with Crippen LogP contribution in [0.25, 0.3) is 21.8 Å². The number of nitrogens with two attached hydrogens (primary N) is 1. The van der Waals surface area contributed by atoms with E-state index in [1.54, 1.807) is 0 Å². The molecule has 0 unspecified atom stereocenters. The predicted molar refractivity (Wildman–Crippen MR) is 61.9 cm³/mol. The number of aryl methyl sites for hydroxylation is 1. The fraction of sp³-hybridized carbons (Fsp3) is 0.111. The van der Waals surface area contributed by atoms with Gasteiger partial charge in [-0.1, -0.05) is 0 Å². The molecule has 3 nitrogen and oxygen atoms in total. The smallest absolute Gasteiger partial charge is 0.0964 e. The molecule has 0 saturated carbocycles. The second-order valence-corrected chi connectivity index (χ2v) is 4.45. The van der Waals surface area contributed by atoms with E-state index < -0.39 is 0 Å². The summed E-state index contributed by atoms with van der Waals surface area (Å²) in [4.78, 5) is 0. The van der Waals surface area contributed by atoms with Crippen molar-refractivity contribution in [3.05, 3.63) is 16.3 Å². The van der Waals surface area contributed by atoms with Gasteiger partial charge in [-0.3, -0.25) is 0 Å². The van der Waals surface area contributed by atoms with Crippen LogP contribution in [0.2, 0.25) is 0 Å². The topological polar surface area (TPSA) is 51.8 Å². The number of hydrogen-bond acceptors (Lipinski definition) is 5. The summed E-state index contributed by atoms with van der Waals surface area (Å²) in [6.45, 7) is 2.01. The van der Waals surface area contributed by atoms with Crippen molar-refractivity contribution in [1.29, 1.82) is 0 Å². The van der Waals surface area contributed by atoms with Crippen molar-refractivity contribution in [3.63, 3.8) is 0 Å². The van der Waals surface area contributed by atoms with Gasteiger partial charge < -0.3 is 5.73 Å². The average molecular weight is 221 g/mol. The van der Waals surface area contributed by atoms with Gasteiger partial charge in [0.05, 0.1) is 11.0 Å². The van der Waals surface area contributed by atoms with Crippen LogP contribution in [0.3, 0.4) is 0 Å². The van der Waals surface area contributed by atoms with Crippen LogP contribution >= 0.6 is 23.1 Å². The Morgan fingerprint density at radius 2 is 1.71 bits per heavy atom. The zero-order chi connectivity index (χ0) is 9.71. The zero-order valence-corrected chi connectivity index (χ0v) is 9.08. The molecule has 2 N–H and O–H groups in total. The van der Waals surface area contributed by atoms with E-state index in [2.05, 4.69) is 8.75 Å². The number of aromatic nitrogens is 2. The Kier molecular flexibility index (Phi) is 1.54. The number of nitrogen functional groups attached to an aromatic ring is 1. The third-order valence-electron chi connectivity index (χ3n) is 2.44. The highest BCUT2D eigenvalue weighted by atomic mass is 32.1. The SMILES string of the molecule is Cc1c(N)c2csnc2c2csnc12. The fourth-order valence-electron chi connectivity index (χ4n) is 1.63. The number of rotatable bonds is 0.